The van der Waals surface area contributed by atoms with E-state index < -0.39 is 0 Å². The van der Waals surface area contributed by atoms with Gasteiger partial charge < -0.3 is 10.6 Å². The van der Waals surface area contributed by atoms with Gasteiger partial charge in [-0.25, -0.2) is 0 Å². The summed E-state index contributed by atoms with van der Waals surface area (Å²) >= 11 is 0. The van der Waals surface area contributed by atoms with Gasteiger partial charge in [0.1, 0.15) is 0 Å². The van der Waals surface area contributed by atoms with Crippen LogP contribution in [0.5, 0.6) is 0 Å². The second-order valence-corrected chi connectivity index (χ2v) is 9.27. The van der Waals surface area contributed by atoms with E-state index >= 15 is 0 Å². The van der Waals surface area contributed by atoms with Gasteiger partial charge in [-0.1, -0.05) is 55.4 Å². The van der Waals surface area contributed by atoms with E-state index in [0.29, 0.717) is 10.8 Å². The quantitative estimate of drug-likeness (QED) is 0.758. The van der Waals surface area contributed by atoms with Crippen molar-refractivity contribution >= 4 is 0 Å². The van der Waals surface area contributed by atoms with Crippen molar-refractivity contribution < 1.29 is 0 Å². The van der Waals surface area contributed by atoms with Gasteiger partial charge in [0.15, 0.2) is 0 Å². The minimum Gasteiger partial charge on any atom is -0.313 e. The topological polar surface area (TPSA) is 24.1 Å². The van der Waals surface area contributed by atoms with Crippen LogP contribution in [0.2, 0.25) is 0 Å². The summed E-state index contributed by atoms with van der Waals surface area (Å²) in [6.07, 6.45) is 2.69. The van der Waals surface area contributed by atoms with Gasteiger partial charge in [0.25, 0.3) is 0 Å². The molecule has 0 bridgehead atoms. The molecule has 0 aromatic carbocycles. The maximum atomic E-state index is 3.55. The monoisotopic (exact) mass is 282 g/mol. The molecule has 0 aromatic rings. The van der Waals surface area contributed by atoms with Crippen LogP contribution in [0.4, 0.5) is 0 Å². The molecule has 3 unspecified atom stereocenters. The lowest BCUT2D eigenvalue weighted by Gasteiger charge is -2.26. The van der Waals surface area contributed by atoms with E-state index in [-0.39, 0.29) is 0 Å². The molecule has 2 aliphatic rings. The zero-order valence-corrected chi connectivity index (χ0v) is 15.1. The SMILES string of the molecule is CC(C)C1CC(C)(C)CN1.CC1CNC(C(C)(C)C)C1. The molecular weight excluding hydrogens is 244 g/mol. The van der Waals surface area contributed by atoms with Crippen LogP contribution in [0, 0.1) is 22.7 Å². The molecule has 0 spiro atoms. The summed E-state index contributed by atoms with van der Waals surface area (Å²) in [5.74, 6) is 1.67. The first-order valence-electron chi connectivity index (χ1n) is 8.48. The molecule has 2 rings (SSSR count). The third-order valence-corrected chi connectivity index (χ3v) is 4.82. The fourth-order valence-electron chi connectivity index (χ4n) is 3.19. The molecule has 120 valence electrons. The first kappa shape index (κ1) is 18.0. The Balaban J connectivity index is 0.000000200. The highest BCUT2D eigenvalue weighted by Crippen LogP contribution is 2.30. The minimum absolute atomic E-state index is 0.449. The van der Waals surface area contributed by atoms with Gasteiger partial charge >= 0.3 is 0 Å². The molecule has 2 nitrogen and oxygen atoms in total. The van der Waals surface area contributed by atoms with Crippen LogP contribution in [0.3, 0.4) is 0 Å². The van der Waals surface area contributed by atoms with Gasteiger partial charge in [0.05, 0.1) is 0 Å². The highest BCUT2D eigenvalue weighted by atomic mass is 15.0. The maximum Gasteiger partial charge on any atom is 0.0119 e. The van der Waals surface area contributed by atoms with Crippen molar-refractivity contribution in [2.45, 2.75) is 80.3 Å². The Morgan fingerprint density at radius 1 is 1.10 bits per heavy atom. The molecule has 20 heavy (non-hydrogen) atoms. The van der Waals surface area contributed by atoms with Crippen molar-refractivity contribution in [2.24, 2.45) is 22.7 Å². The number of hydrogen-bond donors (Lipinski definition) is 2. The molecule has 0 aromatic heterocycles. The summed E-state index contributed by atoms with van der Waals surface area (Å²) < 4.78 is 0. The van der Waals surface area contributed by atoms with E-state index in [4.69, 9.17) is 0 Å². The Kier molecular flexibility index (Phi) is 6.10. The van der Waals surface area contributed by atoms with Crippen molar-refractivity contribution in [2.75, 3.05) is 13.1 Å². The lowest BCUT2D eigenvalue weighted by Crippen LogP contribution is -2.34. The Morgan fingerprint density at radius 2 is 1.70 bits per heavy atom. The second kappa shape index (κ2) is 6.79. The standard InChI is InChI=1S/2C9H19N/c1-7-5-8(10-6-7)9(2,3)4;1-7(2)8-5-9(3,4)6-10-8/h2*7-8,10H,5-6H2,1-4H3. The molecular formula is C18H38N2. The van der Waals surface area contributed by atoms with Crippen LogP contribution in [-0.4, -0.2) is 25.2 Å². The lowest BCUT2D eigenvalue weighted by atomic mass is 9.85. The van der Waals surface area contributed by atoms with Gasteiger partial charge in [-0.3, -0.25) is 0 Å². The number of rotatable bonds is 1. The van der Waals surface area contributed by atoms with Gasteiger partial charge in [-0.15, -0.1) is 0 Å². The summed E-state index contributed by atoms with van der Waals surface area (Å²) in [5.41, 5.74) is 0.986. The Labute approximate surface area is 127 Å². The van der Waals surface area contributed by atoms with Crippen molar-refractivity contribution in [3.63, 3.8) is 0 Å². The molecule has 2 fully saturated rings. The highest BCUT2D eigenvalue weighted by Gasteiger charge is 2.31. The van der Waals surface area contributed by atoms with Gasteiger partial charge in [-0.05, 0) is 42.1 Å². The normalized spacial score (nSPS) is 33.1. The summed E-state index contributed by atoms with van der Waals surface area (Å²) in [4.78, 5) is 0. The maximum absolute atomic E-state index is 3.55. The summed E-state index contributed by atoms with van der Waals surface area (Å²) in [6, 6.07) is 1.50. The zero-order chi connectivity index (χ0) is 15.6. The second-order valence-electron chi connectivity index (χ2n) is 9.27. The Bertz CT molecular complexity index is 288. The van der Waals surface area contributed by atoms with Crippen LogP contribution in [0.25, 0.3) is 0 Å². The molecule has 0 radical (unpaired) electrons. The van der Waals surface area contributed by atoms with Crippen LogP contribution in [0.15, 0.2) is 0 Å². The average Bonchev–Trinajstić information content (AvgIpc) is 2.84. The molecule has 0 saturated carbocycles. The third kappa shape index (κ3) is 5.73. The minimum atomic E-state index is 0.449. The van der Waals surface area contributed by atoms with Gasteiger partial charge in [0, 0.05) is 18.6 Å². The lowest BCUT2D eigenvalue weighted by molar-refractivity contribution is 0.291. The van der Waals surface area contributed by atoms with E-state index in [0.717, 1.165) is 23.9 Å². The fraction of sp³-hybridized carbons (Fsp3) is 1.00. The number of hydrogen-bond acceptors (Lipinski definition) is 2. The van der Waals surface area contributed by atoms with Crippen LogP contribution in [-0.2, 0) is 0 Å². The predicted molar refractivity (Wildman–Crippen MR) is 90.1 cm³/mol. The molecule has 0 aliphatic carbocycles. The highest BCUT2D eigenvalue weighted by molar-refractivity contribution is 4.89. The van der Waals surface area contributed by atoms with Crippen molar-refractivity contribution in [1.82, 2.24) is 10.6 Å². The molecule has 0 amide bonds. The largest absolute Gasteiger partial charge is 0.313 e. The van der Waals surface area contributed by atoms with Crippen LogP contribution >= 0.6 is 0 Å². The third-order valence-electron chi connectivity index (χ3n) is 4.82. The van der Waals surface area contributed by atoms with Crippen molar-refractivity contribution in [1.29, 1.82) is 0 Å². The van der Waals surface area contributed by atoms with Gasteiger partial charge in [0.2, 0.25) is 0 Å². The summed E-state index contributed by atoms with van der Waals surface area (Å²) in [6.45, 7) is 20.9. The summed E-state index contributed by atoms with van der Waals surface area (Å²) in [7, 11) is 0. The van der Waals surface area contributed by atoms with Crippen molar-refractivity contribution in [3.8, 4) is 0 Å². The molecule has 2 heterocycles. The molecule has 3 atom stereocenters. The smallest absolute Gasteiger partial charge is 0.0119 e. The molecule has 2 saturated heterocycles. The Morgan fingerprint density at radius 3 is 1.90 bits per heavy atom. The zero-order valence-electron chi connectivity index (χ0n) is 15.1. The van der Waals surface area contributed by atoms with Crippen molar-refractivity contribution in [3.05, 3.63) is 0 Å². The van der Waals surface area contributed by atoms with Crippen LogP contribution < -0.4 is 10.6 Å². The molecule has 2 heteroatoms. The van der Waals surface area contributed by atoms with E-state index in [9.17, 15) is 0 Å². The first-order chi connectivity index (χ1) is 9.01. The molecule has 2 N–H and O–H groups in total. The van der Waals surface area contributed by atoms with E-state index in [2.05, 4.69) is 66.0 Å². The predicted octanol–water partition coefficient (Wildman–Crippen LogP) is 4.06. The van der Waals surface area contributed by atoms with E-state index in [1.807, 2.05) is 0 Å². The Hall–Kier alpha value is -0.0800. The number of nitrogens with one attached hydrogen (secondary N) is 2. The van der Waals surface area contributed by atoms with Gasteiger partial charge in [-0.2, -0.15) is 0 Å². The first-order valence-corrected chi connectivity index (χ1v) is 8.48. The fourth-order valence-corrected chi connectivity index (χ4v) is 3.19. The van der Waals surface area contributed by atoms with E-state index in [1.54, 1.807) is 0 Å². The molecule has 2 aliphatic heterocycles. The average molecular weight is 283 g/mol. The van der Waals surface area contributed by atoms with E-state index in [1.165, 1.54) is 25.9 Å². The summed E-state index contributed by atoms with van der Waals surface area (Å²) in [5, 5.41) is 7.09. The van der Waals surface area contributed by atoms with Crippen LogP contribution in [0.1, 0.15) is 68.2 Å².